The Kier molecular flexibility index (Phi) is 4.47. The lowest BCUT2D eigenvalue weighted by Crippen LogP contribution is -2.30. The number of esters is 1. The topological polar surface area (TPSA) is 55.4 Å². The Bertz CT molecular complexity index is 613. The van der Waals surface area contributed by atoms with E-state index >= 15 is 0 Å². The molecule has 6 heteroatoms. The third kappa shape index (κ3) is 3.42. The first-order chi connectivity index (χ1) is 9.58. The number of para-hydroxylation sites is 1. The van der Waals surface area contributed by atoms with E-state index in [0.717, 1.165) is 0 Å². The molecule has 20 heavy (non-hydrogen) atoms. The van der Waals surface area contributed by atoms with Gasteiger partial charge in [0, 0.05) is 0 Å². The van der Waals surface area contributed by atoms with E-state index in [4.69, 9.17) is 4.74 Å². The van der Waals surface area contributed by atoms with Crippen molar-refractivity contribution in [1.82, 2.24) is 0 Å². The van der Waals surface area contributed by atoms with E-state index in [0.29, 0.717) is 4.88 Å². The van der Waals surface area contributed by atoms with E-state index in [1.54, 1.807) is 23.6 Å². The van der Waals surface area contributed by atoms with Gasteiger partial charge in [-0.2, -0.15) is 0 Å². The van der Waals surface area contributed by atoms with Gasteiger partial charge in [0.15, 0.2) is 6.10 Å². The predicted octanol–water partition coefficient (Wildman–Crippen LogP) is 3.07. The summed E-state index contributed by atoms with van der Waals surface area (Å²) in [5.74, 6) is -1.70. The maximum Gasteiger partial charge on any atom is 0.349 e. The fourth-order valence-corrected chi connectivity index (χ4v) is 2.07. The number of halogens is 1. The predicted molar refractivity (Wildman–Crippen MR) is 74.2 cm³/mol. The van der Waals surface area contributed by atoms with E-state index in [1.165, 1.54) is 36.5 Å². The molecule has 1 N–H and O–H groups in total. The number of thiophene rings is 1. The number of carbonyl (C=O) groups excluding carboxylic acids is 2. The van der Waals surface area contributed by atoms with Crippen LogP contribution in [0.2, 0.25) is 0 Å². The van der Waals surface area contributed by atoms with Crippen LogP contribution in [0.3, 0.4) is 0 Å². The molecule has 0 aliphatic heterocycles. The molecular weight excluding hydrogens is 281 g/mol. The molecule has 1 atom stereocenters. The summed E-state index contributed by atoms with van der Waals surface area (Å²) in [7, 11) is 0. The van der Waals surface area contributed by atoms with Gasteiger partial charge in [-0.25, -0.2) is 9.18 Å². The molecule has 1 heterocycles. The number of anilines is 1. The summed E-state index contributed by atoms with van der Waals surface area (Å²) in [6.07, 6.45) is -1.01. The molecule has 0 unspecified atom stereocenters. The molecule has 1 aromatic carbocycles. The second-order valence-electron chi connectivity index (χ2n) is 3.99. The fraction of sp³-hybridized carbons (Fsp3) is 0.143. The van der Waals surface area contributed by atoms with Crippen LogP contribution < -0.4 is 5.32 Å². The normalized spacial score (nSPS) is 11.7. The van der Waals surface area contributed by atoms with Crippen molar-refractivity contribution in [1.29, 1.82) is 0 Å². The van der Waals surface area contributed by atoms with Crippen LogP contribution in [-0.2, 0) is 9.53 Å². The van der Waals surface area contributed by atoms with Gasteiger partial charge in [0.2, 0.25) is 0 Å². The summed E-state index contributed by atoms with van der Waals surface area (Å²) in [5, 5.41) is 4.11. The van der Waals surface area contributed by atoms with Gasteiger partial charge in [-0.3, -0.25) is 4.79 Å². The van der Waals surface area contributed by atoms with Crippen LogP contribution in [0.25, 0.3) is 0 Å². The van der Waals surface area contributed by atoms with E-state index in [2.05, 4.69) is 5.32 Å². The summed E-state index contributed by atoms with van der Waals surface area (Å²) in [6.45, 7) is 1.43. The SMILES string of the molecule is C[C@H](OC(=O)c1cccs1)C(=O)Nc1ccccc1F. The maximum atomic E-state index is 13.4. The number of rotatable bonds is 4. The highest BCUT2D eigenvalue weighted by Gasteiger charge is 2.20. The number of nitrogens with one attached hydrogen (secondary N) is 1. The molecule has 0 saturated carbocycles. The molecule has 1 aromatic heterocycles. The van der Waals surface area contributed by atoms with Gasteiger partial charge in [-0.05, 0) is 30.5 Å². The fourth-order valence-electron chi connectivity index (χ4n) is 1.46. The molecule has 2 aromatic rings. The Hall–Kier alpha value is -2.21. The van der Waals surface area contributed by atoms with Crippen molar-refractivity contribution in [3.05, 3.63) is 52.5 Å². The van der Waals surface area contributed by atoms with Gasteiger partial charge >= 0.3 is 5.97 Å². The van der Waals surface area contributed by atoms with Crippen molar-refractivity contribution in [2.24, 2.45) is 0 Å². The quantitative estimate of drug-likeness (QED) is 0.881. The molecule has 2 rings (SSSR count). The number of benzene rings is 1. The van der Waals surface area contributed by atoms with Gasteiger partial charge in [-0.1, -0.05) is 18.2 Å². The first-order valence-corrected chi connectivity index (χ1v) is 6.76. The van der Waals surface area contributed by atoms with Crippen LogP contribution in [0.15, 0.2) is 41.8 Å². The average Bonchev–Trinajstić information content (AvgIpc) is 2.95. The molecule has 0 saturated heterocycles. The highest BCUT2D eigenvalue weighted by atomic mass is 32.1. The van der Waals surface area contributed by atoms with Gasteiger partial charge in [-0.15, -0.1) is 11.3 Å². The second-order valence-corrected chi connectivity index (χ2v) is 4.94. The number of ether oxygens (including phenoxy) is 1. The maximum absolute atomic E-state index is 13.4. The molecule has 104 valence electrons. The molecule has 1 amide bonds. The lowest BCUT2D eigenvalue weighted by atomic mass is 10.3. The molecule has 4 nitrogen and oxygen atoms in total. The third-order valence-electron chi connectivity index (χ3n) is 2.51. The van der Waals surface area contributed by atoms with E-state index in [1.807, 2.05) is 0 Å². The standard InChI is InChI=1S/C14H12FNO3S/c1-9(19-14(18)12-7-4-8-20-12)13(17)16-11-6-3-2-5-10(11)15/h2-9H,1H3,(H,16,17)/t9-/m0/s1. The van der Waals surface area contributed by atoms with Crippen molar-refractivity contribution in [2.75, 3.05) is 5.32 Å². The first kappa shape index (κ1) is 14.2. The Morgan fingerprint density at radius 2 is 2.00 bits per heavy atom. The minimum Gasteiger partial charge on any atom is -0.448 e. The number of hydrogen-bond donors (Lipinski definition) is 1. The van der Waals surface area contributed by atoms with Crippen LogP contribution in [0, 0.1) is 5.82 Å². The lowest BCUT2D eigenvalue weighted by molar-refractivity contribution is -0.123. The largest absolute Gasteiger partial charge is 0.448 e. The van der Waals surface area contributed by atoms with Crippen molar-refractivity contribution in [3.8, 4) is 0 Å². The van der Waals surface area contributed by atoms with Crippen LogP contribution in [0.4, 0.5) is 10.1 Å². The Labute approximate surface area is 119 Å². The smallest absolute Gasteiger partial charge is 0.349 e. The average molecular weight is 293 g/mol. The van der Waals surface area contributed by atoms with Gasteiger partial charge < -0.3 is 10.1 Å². The second kappa shape index (κ2) is 6.29. The highest BCUT2D eigenvalue weighted by molar-refractivity contribution is 7.11. The van der Waals surface area contributed by atoms with E-state index in [-0.39, 0.29) is 5.69 Å². The van der Waals surface area contributed by atoms with Gasteiger partial charge in [0.25, 0.3) is 5.91 Å². The summed E-state index contributed by atoms with van der Waals surface area (Å²) in [4.78, 5) is 23.9. The third-order valence-corrected chi connectivity index (χ3v) is 3.36. The minimum atomic E-state index is -1.01. The lowest BCUT2D eigenvalue weighted by Gasteiger charge is -2.13. The Morgan fingerprint density at radius 3 is 2.65 bits per heavy atom. The van der Waals surface area contributed by atoms with Crippen molar-refractivity contribution in [2.45, 2.75) is 13.0 Å². The Balaban J connectivity index is 1.96. The number of carbonyl (C=O) groups is 2. The zero-order valence-corrected chi connectivity index (χ0v) is 11.4. The summed E-state index contributed by atoms with van der Waals surface area (Å²) in [6, 6.07) is 9.10. The Morgan fingerprint density at radius 1 is 1.25 bits per heavy atom. The molecule has 0 radical (unpaired) electrons. The number of amides is 1. The zero-order chi connectivity index (χ0) is 14.5. The summed E-state index contributed by atoms with van der Waals surface area (Å²) < 4.78 is 18.4. The summed E-state index contributed by atoms with van der Waals surface area (Å²) >= 11 is 1.22. The van der Waals surface area contributed by atoms with Crippen molar-refractivity contribution >= 4 is 28.9 Å². The van der Waals surface area contributed by atoms with Gasteiger partial charge in [0.05, 0.1) is 5.69 Å². The van der Waals surface area contributed by atoms with Gasteiger partial charge in [0.1, 0.15) is 10.7 Å². The molecule has 0 fully saturated rings. The molecular formula is C14H12FNO3S. The first-order valence-electron chi connectivity index (χ1n) is 5.88. The van der Waals surface area contributed by atoms with Crippen LogP contribution in [0.5, 0.6) is 0 Å². The molecule has 0 bridgehead atoms. The van der Waals surface area contributed by atoms with Crippen LogP contribution >= 0.6 is 11.3 Å². The highest BCUT2D eigenvalue weighted by Crippen LogP contribution is 2.14. The van der Waals surface area contributed by atoms with Crippen LogP contribution in [-0.4, -0.2) is 18.0 Å². The molecule has 0 spiro atoms. The molecule has 0 aliphatic carbocycles. The molecule has 0 aliphatic rings. The minimum absolute atomic E-state index is 0.0523. The van der Waals surface area contributed by atoms with E-state index in [9.17, 15) is 14.0 Å². The van der Waals surface area contributed by atoms with Crippen molar-refractivity contribution < 1.29 is 18.7 Å². The zero-order valence-electron chi connectivity index (χ0n) is 10.6. The summed E-state index contributed by atoms with van der Waals surface area (Å²) in [5.41, 5.74) is 0.0523. The van der Waals surface area contributed by atoms with Crippen molar-refractivity contribution in [3.63, 3.8) is 0 Å². The van der Waals surface area contributed by atoms with Crippen LogP contribution in [0.1, 0.15) is 16.6 Å². The monoisotopic (exact) mass is 293 g/mol. The number of hydrogen-bond acceptors (Lipinski definition) is 4. The van der Waals surface area contributed by atoms with E-state index < -0.39 is 23.8 Å².